The average Bonchev–Trinajstić information content (AvgIpc) is 2.74. The Balaban J connectivity index is 1.61. The van der Waals surface area contributed by atoms with Gasteiger partial charge >= 0.3 is 0 Å². The van der Waals surface area contributed by atoms with Gasteiger partial charge in [-0.1, -0.05) is 48.5 Å². The third kappa shape index (κ3) is 5.57. The minimum atomic E-state index is -0.701. The number of likely N-dealkylation sites (tertiary alicyclic amines) is 1. The summed E-state index contributed by atoms with van der Waals surface area (Å²) in [5.74, 6) is 0.537. The molecule has 0 bridgehead atoms. The summed E-state index contributed by atoms with van der Waals surface area (Å²) in [7, 11) is 1.64. The summed E-state index contributed by atoms with van der Waals surface area (Å²) in [4.78, 5) is 26.6. The standard InChI is InChI=1S/C22H27N3O3/c1-23-20(26)16-25-14-12-18(13-15-25)24-22(27)21(17-8-4-2-5-9-17)28-19-10-6-3-7-11-19/h2-11,18,21H,12-16H2,1H3,(H,23,26)(H,24,27). The predicted octanol–water partition coefficient (Wildman–Crippen LogP) is 2.13. The van der Waals surface area contributed by atoms with E-state index in [1.165, 1.54) is 0 Å². The van der Waals surface area contributed by atoms with Gasteiger partial charge in [0.1, 0.15) is 5.75 Å². The first-order valence-electron chi connectivity index (χ1n) is 9.65. The van der Waals surface area contributed by atoms with E-state index in [1.54, 1.807) is 7.05 Å². The minimum Gasteiger partial charge on any atom is -0.476 e. The van der Waals surface area contributed by atoms with Crippen molar-refractivity contribution >= 4 is 11.8 Å². The normalized spacial score (nSPS) is 16.2. The van der Waals surface area contributed by atoms with Gasteiger partial charge in [0, 0.05) is 31.7 Å². The number of nitrogens with zero attached hydrogens (tertiary/aromatic N) is 1. The van der Waals surface area contributed by atoms with E-state index in [-0.39, 0.29) is 17.9 Å². The van der Waals surface area contributed by atoms with Crippen molar-refractivity contribution < 1.29 is 14.3 Å². The number of carbonyl (C=O) groups is 2. The molecule has 0 aliphatic carbocycles. The smallest absolute Gasteiger partial charge is 0.266 e. The summed E-state index contributed by atoms with van der Waals surface area (Å²) in [5.41, 5.74) is 0.820. The highest BCUT2D eigenvalue weighted by molar-refractivity contribution is 5.83. The van der Waals surface area contributed by atoms with Gasteiger partial charge in [-0.05, 0) is 25.0 Å². The van der Waals surface area contributed by atoms with E-state index in [1.807, 2.05) is 60.7 Å². The average molecular weight is 381 g/mol. The van der Waals surface area contributed by atoms with Crippen molar-refractivity contribution in [3.05, 3.63) is 66.2 Å². The monoisotopic (exact) mass is 381 g/mol. The number of hydrogen-bond donors (Lipinski definition) is 2. The largest absolute Gasteiger partial charge is 0.476 e. The molecule has 2 amide bonds. The quantitative estimate of drug-likeness (QED) is 0.771. The van der Waals surface area contributed by atoms with E-state index >= 15 is 0 Å². The zero-order valence-electron chi connectivity index (χ0n) is 16.1. The second kappa shape index (κ2) is 9.90. The highest BCUT2D eigenvalue weighted by Crippen LogP contribution is 2.23. The molecule has 1 aliphatic heterocycles. The third-order valence-electron chi connectivity index (χ3n) is 4.92. The molecule has 1 aliphatic rings. The second-order valence-corrected chi connectivity index (χ2v) is 6.95. The van der Waals surface area contributed by atoms with Crippen molar-refractivity contribution in [3.63, 3.8) is 0 Å². The number of likely N-dealkylation sites (N-methyl/N-ethyl adjacent to an activating group) is 1. The molecular weight excluding hydrogens is 354 g/mol. The number of piperidine rings is 1. The number of amides is 2. The van der Waals surface area contributed by atoms with Crippen LogP contribution in [0.4, 0.5) is 0 Å². The molecule has 6 heteroatoms. The summed E-state index contributed by atoms with van der Waals surface area (Å²) in [6.07, 6.45) is 0.929. The van der Waals surface area contributed by atoms with Crippen LogP contribution in [-0.4, -0.2) is 49.4 Å². The lowest BCUT2D eigenvalue weighted by Gasteiger charge is -2.32. The molecule has 0 aromatic heterocycles. The lowest BCUT2D eigenvalue weighted by atomic mass is 10.0. The van der Waals surface area contributed by atoms with Crippen LogP contribution in [-0.2, 0) is 9.59 Å². The van der Waals surface area contributed by atoms with Gasteiger partial charge in [-0.2, -0.15) is 0 Å². The van der Waals surface area contributed by atoms with Gasteiger partial charge in [0.05, 0.1) is 6.54 Å². The number of nitrogens with one attached hydrogen (secondary N) is 2. The fourth-order valence-electron chi connectivity index (χ4n) is 3.33. The Morgan fingerprint density at radius 1 is 1.04 bits per heavy atom. The highest BCUT2D eigenvalue weighted by Gasteiger charge is 2.27. The van der Waals surface area contributed by atoms with E-state index in [9.17, 15) is 9.59 Å². The molecule has 28 heavy (non-hydrogen) atoms. The van der Waals surface area contributed by atoms with Crippen LogP contribution in [0.2, 0.25) is 0 Å². The van der Waals surface area contributed by atoms with Crippen molar-refractivity contribution in [2.45, 2.75) is 25.0 Å². The Kier molecular flexibility index (Phi) is 7.03. The van der Waals surface area contributed by atoms with Crippen molar-refractivity contribution in [2.24, 2.45) is 0 Å². The number of carbonyl (C=O) groups excluding carboxylic acids is 2. The SMILES string of the molecule is CNC(=O)CN1CCC(NC(=O)C(Oc2ccccc2)c2ccccc2)CC1. The molecule has 0 spiro atoms. The number of hydrogen-bond acceptors (Lipinski definition) is 4. The van der Waals surface area contributed by atoms with E-state index in [2.05, 4.69) is 15.5 Å². The highest BCUT2D eigenvalue weighted by atomic mass is 16.5. The Morgan fingerprint density at radius 2 is 1.64 bits per heavy atom. The predicted molar refractivity (Wildman–Crippen MR) is 108 cm³/mol. The molecule has 1 heterocycles. The molecule has 1 fully saturated rings. The second-order valence-electron chi connectivity index (χ2n) is 6.95. The van der Waals surface area contributed by atoms with Gasteiger partial charge in [-0.25, -0.2) is 0 Å². The van der Waals surface area contributed by atoms with Crippen LogP contribution in [0, 0.1) is 0 Å². The Bertz CT molecular complexity index is 759. The molecule has 1 saturated heterocycles. The lowest BCUT2D eigenvalue weighted by Crippen LogP contribution is -2.48. The van der Waals surface area contributed by atoms with E-state index in [0.29, 0.717) is 12.3 Å². The van der Waals surface area contributed by atoms with Gasteiger partial charge < -0.3 is 15.4 Å². The number of rotatable bonds is 7. The van der Waals surface area contributed by atoms with Gasteiger partial charge in [-0.15, -0.1) is 0 Å². The molecule has 3 rings (SSSR count). The fourth-order valence-corrected chi connectivity index (χ4v) is 3.33. The molecule has 0 saturated carbocycles. The summed E-state index contributed by atoms with van der Waals surface area (Å²) in [6.45, 7) is 1.97. The number of ether oxygens (including phenoxy) is 1. The lowest BCUT2D eigenvalue weighted by molar-refractivity contribution is -0.129. The van der Waals surface area contributed by atoms with Crippen LogP contribution in [0.3, 0.4) is 0 Å². The van der Waals surface area contributed by atoms with Gasteiger partial charge in [0.15, 0.2) is 0 Å². The molecule has 1 atom stereocenters. The number of para-hydroxylation sites is 1. The first-order chi connectivity index (χ1) is 13.7. The molecule has 6 nitrogen and oxygen atoms in total. The van der Waals surface area contributed by atoms with Crippen LogP contribution in [0.25, 0.3) is 0 Å². The zero-order valence-corrected chi connectivity index (χ0v) is 16.1. The Hall–Kier alpha value is -2.86. The first-order valence-corrected chi connectivity index (χ1v) is 9.65. The molecule has 2 N–H and O–H groups in total. The van der Waals surface area contributed by atoms with Crippen molar-refractivity contribution in [3.8, 4) is 5.75 Å². The van der Waals surface area contributed by atoms with Gasteiger partial charge in [0.2, 0.25) is 12.0 Å². The van der Waals surface area contributed by atoms with Crippen molar-refractivity contribution in [2.75, 3.05) is 26.7 Å². The van der Waals surface area contributed by atoms with E-state index in [4.69, 9.17) is 4.74 Å². The van der Waals surface area contributed by atoms with E-state index in [0.717, 1.165) is 31.5 Å². The molecular formula is C22H27N3O3. The van der Waals surface area contributed by atoms with Crippen LogP contribution in [0.1, 0.15) is 24.5 Å². The van der Waals surface area contributed by atoms with Crippen molar-refractivity contribution in [1.29, 1.82) is 0 Å². The Labute approximate surface area is 165 Å². The fraction of sp³-hybridized carbons (Fsp3) is 0.364. The molecule has 2 aromatic carbocycles. The summed E-state index contributed by atoms with van der Waals surface area (Å²) < 4.78 is 6.02. The topological polar surface area (TPSA) is 70.7 Å². The van der Waals surface area contributed by atoms with E-state index < -0.39 is 6.10 Å². The van der Waals surface area contributed by atoms with Crippen LogP contribution in [0.5, 0.6) is 5.75 Å². The number of benzene rings is 2. The maximum absolute atomic E-state index is 13.0. The molecule has 2 aromatic rings. The summed E-state index contributed by atoms with van der Waals surface area (Å²) in [6, 6.07) is 19.0. The Morgan fingerprint density at radius 3 is 2.25 bits per heavy atom. The summed E-state index contributed by atoms with van der Waals surface area (Å²) in [5, 5.41) is 5.78. The van der Waals surface area contributed by atoms with Crippen LogP contribution >= 0.6 is 0 Å². The third-order valence-corrected chi connectivity index (χ3v) is 4.92. The summed E-state index contributed by atoms with van der Waals surface area (Å²) >= 11 is 0. The first kappa shape index (κ1) is 19.9. The zero-order chi connectivity index (χ0) is 19.8. The van der Waals surface area contributed by atoms with Gasteiger partial charge in [0.25, 0.3) is 5.91 Å². The maximum atomic E-state index is 13.0. The van der Waals surface area contributed by atoms with Crippen LogP contribution in [0.15, 0.2) is 60.7 Å². The molecule has 0 radical (unpaired) electrons. The minimum absolute atomic E-state index is 0.0166. The maximum Gasteiger partial charge on any atom is 0.266 e. The van der Waals surface area contributed by atoms with Crippen LogP contribution < -0.4 is 15.4 Å². The molecule has 1 unspecified atom stereocenters. The van der Waals surface area contributed by atoms with Crippen molar-refractivity contribution in [1.82, 2.24) is 15.5 Å². The van der Waals surface area contributed by atoms with Gasteiger partial charge in [-0.3, -0.25) is 14.5 Å². The molecule has 148 valence electrons.